The lowest BCUT2D eigenvalue weighted by Gasteiger charge is -2.17. The molecule has 0 radical (unpaired) electrons. The molecule has 0 saturated carbocycles. The first-order valence-electron chi connectivity index (χ1n) is 8.64. The Morgan fingerprint density at radius 1 is 1.07 bits per heavy atom. The number of methoxy groups -OCH3 is 1. The van der Waals surface area contributed by atoms with Crippen molar-refractivity contribution in [1.82, 2.24) is 15.3 Å². The second kappa shape index (κ2) is 7.95. The molecule has 0 bridgehead atoms. The Labute approximate surface area is 157 Å². The Bertz CT molecular complexity index is 981. The minimum Gasteiger partial charge on any atom is -0.467 e. The number of carbonyl (C=O) groups excluding carboxylic acids is 2. The second-order valence-electron chi connectivity index (χ2n) is 6.48. The summed E-state index contributed by atoms with van der Waals surface area (Å²) in [6.45, 7) is 3.85. The first kappa shape index (κ1) is 18.5. The van der Waals surface area contributed by atoms with E-state index in [1.54, 1.807) is 18.3 Å². The number of esters is 1. The number of para-hydroxylation sites is 2. The molecule has 1 heterocycles. The van der Waals surface area contributed by atoms with Gasteiger partial charge in [0.2, 0.25) is 0 Å². The maximum Gasteiger partial charge on any atom is 0.328 e. The van der Waals surface area contributed by atoms with Crippen molar-refractivity contribution in [3.8, 4) is 0 Å². The molecule has 1 atom stereocenters. The zero-order valence-corrected chi connectivity index (χ0v) is 15.5. The number of rotatable bonds is 5. The maximum absolute atomic E-state index is 12.6. The van der Waals surface area contributed by atoms with Gasteiger partial charge in [0.25, 0.3) is 5.91 Å². The van der Waals surface area contributed by atoms with E-state index in [9.17, 15) is 9.59 Å². The van der Waals surface area contributed by atoms with E-state index >= 15 is 0 Å². The molecule has 0 aliphatic carbocycles. The van der Waals surface area contributed by atoms with Gasteiger partial charge in [-0.2, -0.15) is 0 Å². The normalized spacial score (nSPS) is 11.8. The fraction of sp³-hybridized carbons (Fsp3) is 0.238. The molecule has 2 aromatic carbocycles. The molecule has 3 rings (SSSR count). The van der Waals surface area contributed by atoms with Crippen molar-refractivity contribution >= 4 is 22.9 Å². The van der Waals surface area contributed by atoms with E-state index in [-0.39, 0.29) is 12.3 Å². The summed E-state index contributed by atoms with van der Waals surface area (Å²) in [5.74, 6) is -0.853. The van der Waals surface area contributed by atoms with E-state index in [0.717, 1.165) is 22.2 Å². The molecule has 1 aromatic heterocycles. The fourth-order valence-corrected chi connectivity index (χ4v) is 2.99. The Kier molecular flexibility index (Phi) is 5.45. The number of aryl methyl sites for hydroxylation is 2. The highest BCUT2D eigenvalue weighted by Gasteiger charge is 2.23. The number of fused-ring (bicyclic) bond motifs is 1. The van der Waals surface area contributed by atoms with Gasteiger partial charge in [0, 0.05) is 18.2 Å². The number of hydrogen-bond acceptors (Lipinski definition) is 5. The first-order valence-corrected chi connectivity index (χ1v) is 8.64. The van der Waals surface area contributed by atoms with E-state index < -0.39 is 12.0 Å². The number of nitrogens with one attached hydrogen (secondary N) is 1. The zero-order valence-electron chi connectivity index (χ0n) is 15.5. The minimum absolute atomic E-state index is 0.195. The Balaban J connectivity index is 1.82. The summed E-state index contributed by atoms with van der Waals surface area (Å²) < 4.78 is 4.85. The molecule has 138 valence electrons. The van der Waals surface area contributed by atoms with Crippen molar-refractivity contribution in [3.63, 3.8) is 0 Å². The Morgan fingerprint density at radius 2 is 1.74 bits per heavy atom. The molecule has 3 aromatic rings. The summed E-state index contributed by atoms with van der Waals surface area (Å²) in [6.07, 6.45) is 1.81. The highest BCUT2D eigenvalue weighted by molar-refractivity contribution is 5.97. The predicted octanol–water partition coefficient (Wildman–Crippen LogP) is 2.76. The number of benzene rings is 2. The SMILES string of the molecule is COC(=O)[C@H](Cc1cnc2ccccc2n1)NC(=O)c1cc(C)cc(C)c1. The highest BCUT2D eigenvalue weighted by Crippen LogP contribution is 2.12. The number of ether oxygens (including phenoxy) is 1. The van der Waals surface area contributed by atoms with Gasteiger partial charge in [-0.15, -0.1) is 0 Å². The van der Waals surface area contributed by atoms with Crippen LogP contribution in [0.1, 0.15) is 27.2 Å². The third-order valence-corrected chi connectivity index (χ3v) is 4.19. The van der Waals surface area contributed by atoms with Crippen LogP contribution in [0, 0.1) is 13.8 Å². The van der Waals surface area contributed by atoms with E-state index in [4.69, 9.17) is 4.74 Å². The minimum atomic E-state index is -0.848. The van der Waals surface area contributed by atoms with Gasteiger partial charge in [0.1, 0.15) is 6.04 Å². The summed E-state index contributed by atoms with van der Waals surface area (Å²) >= 11 is 0. The molecular weight excluding hydrogens is 342 g/mol. The molecule has 0 fully saturated rings. The van der Waals surface area contributed by atoms with Crippen LogP contribution in [-0.4, -0.2) is 35.0 Å². The van der Waals surface area contributed by atoms with Crippen molar-refractivity contribution in [2.24, 2.45) is 0 Å². The van der Waals surface area contributed by atoms with Crippen molar-refractivity contribution in [1.29, 1.82) is 0 Å². The smallest absolute Gasteiger partial charge is 0.328 e. The molecule has 0 aliphatic rings. The molecule has 0 saturated heterocycles. The van der Waals surface area contributed by atoms with Crippen LogP contribution in [0.15, 0.2) is 48.7 Å². The quantitative estimate of drug-likeness (QED) is 0.705. The van der Waals surface area contributed by atoms with Crippen LogP contribution < -0.4 is 5.32 Å². The topological polar surface area (TPSA) is 81.2 Å². The molecule has 6 nitrogen and oxygen atoms in total. The molecule has 0 unspecified atom stereocenters. The molecular formula is C21H21N3O3. The largest absolute Gasteiger partial charge is 0.467 e. The Morgan fingerprint density at radius 3 is 2.41 bits per heavy atom. The van der Waals surface area contributed by atoms with Crippen molar-refractivity contribution < 1.29 is 14.3 Å². The van der Waals surface area contributed by atoms with Crippen LogP contribution in [0.4, 0.5) is 0 Å². The van der Waals surface area contributed by atoms with Crippen LogP contribution >= 0.6 is 0 Å². The average molecular weight is 363 g/mol. The molecule has 1 N–H and O–H groups in total. The fourth-order valence-electron chi connectivity index (χ4n) is 2.99. The molecule has 0 aliphatic heterocycles. The van der Waals surface area contributed by atoms with Crippen molar-refractivity contribution in [2.45, 2.75) is 26.3 Å². The number of hydrogen-bond donors (Lipinski definition) is 1. The third kappa shape index (κ3) is 4.47. The third-order valence-electron chi connectivity index (χ3n) is 4.19. The standard InChI is InChI=1S/C21H21N3O3/c1-13-8-14(2)10-15(9-13)20(25)24-19(21(26)27-3)11-16-12-22-17-6-4-5-7-18(17)23-16/h4-10,12,19H,11H2,1-3H3,(H,24,25)/t19-/m0/s1. The van der Waals surface area contributed by atoms with Gasteiger partial charge >= 0.3 is 5.97 Å². The van der Waals surface area contributed by atoms with Gasteiger partial charge in [-0.25, -0.2) is 9.78 Å². The number of carbonyl (C=O) groups is 2. The number of aromatic nitrogens is 2. The predicted molar refractivity (Wildman–Crippen MR) is 102 cm³/mol. The van der Waals surface area contributed by atoms with E-state index in [1.165, 1.54) is 7.11 Å². The van der Waals surface area contributed by atoms with Crippen LogP contribution in [0.3, 0.4) is 0 Å². The second-order valence-corrected chi connectivity index (χ2v) is 6.48. The van der Waals surface area contributed by atoms with Gasteiger partial charge in [0.05, 0.1) is 23.8 Å². The van der Waals surface area contributed by atoms with Crippen molar-refractivity contribution in [2.75, 3.05) is 7.11 Å². The maximum atomic E-state index is 12.6. The average Bonchev–Trinajstić information content (AvgIpc) is 2.66. The molecule has 0 spiro atoms. The summed E-state index contributed by atoms with van der Waals surface area (Å²) in [6, 6.07) is 12.2. The van der Waals surface area contributed by atoms with Gasteiger partial charge in [-0.05, 0) is 38.1 Å². The van der Waals surface area contributed by atoms with E-state index in [2.05, 4.69) is 15.3 Å². The van der Waals surface area contributed by atoms with Gasteiger partial charge in [0.15, 0.2) is 0 Å². The monoisotopic (exact) mass is 363 g/mol. The number of amides is 1. The van der Waals surface area contributed by atoms with E-state index in [0.29, 0.717) is 11.3 Å². The summed E-state index contributed by atoms with van der Waals surface area (Å²) in [7, 11) is 1.30. The first-order chi connectivity index (χ1) is 13.0. The summed E-state index contributed by atoms with van der Waals surface area (Å²) in [4.78, 5) is 33.7. The van der Waals surface area contributed by atoms with Crippen molar-refractivity contribution in [3.05, 3.63) is 71.0 Å². The van der Waals surface area contributed by atoms with Gasteiger partial charge in [-0.3, -0.25) is 9.78 Å². The summed E-state index contributed by atoms with van der Waals surface area (Å²) in [5, 5.41) is 2.75. The lowest BCUT2D eigenvalue weighted by atomic mass is 10.1. The van der Waals surface area contributed by atoms with Gasteiger partial charge < -0.3 is 10.1 Å². The lowest BCUT2D eigenvalue weighted by Crippen LogP contribution is -2.43. The van der Waals surface area contributed by atoms with Crippen LogP contribution in [-0.2, 0) is 16.0 Å². The molecule has 27 heavy (non-hydrogen) atoms. The van der Waals surface area contributed by atoms with Crippen LogP contribution in [0.5, 0.6) is 0 Å². The lowest BCUT2D eigenvalue weighted by molar-refractivity contribution is -0.142. The molecule has 1 amide bonds. The Hall–Kier alpha value is -3.28. The zero-order chi connectivity index (χ0) is 19.4. The summed E-state index contributed by atoms with van der Waals surface area (Å²) in [5.41, 5.74) is 4.58. The number of nitrogens with zero attached hydrogens (tertiary/aromatic N) is 2. The highest BCUT2D eigenvalue weighted by atomic mass is 16.5. The molecule has 6 heteroatoms. The van der Waals surface area contributed by atoms with Crippen LogP contribution in [0.2, 0.25) is 0 Å². The van der Waals surface area contributed by atoms with E-state index in [1.807, 2.05) is 44.2 Å². The van der Waals surface area contributed by atoms with Gasteiger partial charge in [-0.1, -0.05) is 29.3 Å². The van der Waals surface area contributed by atoms with Crippen LogP contribution in [0.25, 0.3) is 11.0 Å².